The fraction of sp³-hybridized carbons (Fsp3) is 0.455. The van der Waals surface area contributed by atoms with Crippen molar-refractivity contribution in [2.45, 2.75) is 25.8 Å². The molecule has 0 aliphatic carbocycles. The smallest absolute Gasteiger partial charge is 0.322 e. The van der Waals surface area contributed by atoms with Gasteiger partial charge in [-0.1, -0.05) is 0 Å². The number of nitrogens with zero attached hydrogens (tertiary/aromatic N) is 7. The Morgan fingerprint density at radius 3 is 2.68 bits per heavy atom. The van der Waals surface area contributed by atoms with Crippen LogP contribution in [-0.4, -0.2) is 75.4 Å². The van der Waals surface area contributed by atoms with Crippen molar-refractivity contribution in [2.24, 2.45) is 7.05 Å². The van der Waals surface area contributed by atoms with E-state index in [1.54, 1.807) is 34.8 Å². The predicted octanol–water partition coefficient (Wildman–Crippen LogP) is 2.45. The van der Waals surface area contributed by atoms with Crippen LogP contribution in [0.25, 0.3) is 11.0 Å². The van der Waals surface area contributed by atoms with Crippen molar-refractivity contribution in [3.8, 4) is 0 Å². The molecule has 2 aliphatic heterocycles. The van der Waals surface area contributed by atoms with Gasteiger partial charge in [0.25, 0.3) is 5.92 Å². The standard InChI is InChI=1S/C22H27F2N9O/c1-13-10-31(6-7-33(13)17-8-18(25)29-20-15(17)9-26-30(20)3)21(34)28-16-4-5-19(27-14(16)2)32-11-22(23,24)12-32/h4-5,8-9,13H,6-7,10-12H2,1-3H3,(H2,25,29)(H,28,34)/t13-/m0/s1. The van der Waals surface area contributed by atoms with Crippen molar-refractivity contribution in [3.05, 3.63) is 30.1 Å². The zero-order valence-corrected chi connectivity index (χ0v) is 19.3. The third-order valence-corrected chi connectivity index (χ3v) is 6.41. The molecule has 2 fully saturated rings. The number of aromatic nitrogens is 4. The Morgan fingerprint density at radius 2 is 2.00 bits per heavy atom. The number of rotatable bonds is 3. The van der Waals surface area contributed by atoms with Crippen LogP contribution in [-0.2, 0) is 7.05 Å². The van der Waals surface area contributed by atoms with Crippen LogP contribution >= 0.6 is 0 Å². The number of hydrogen-bond acceptors (Lipinski definition) is 7. The summed E-state index contributed by atoms with van der Waals surface area (Å²) in [5.41, 5.74) is 8.86. The molecule has 0 radical (unpaired) electrons. The summed E-state index contributed by atoms with van der Waals surface area (Å²) >= 11 is 0. The minimum Gasteiger partial charge on any atom is -0.384 e. The highest BCUT2D eigenvalue weighted by molar-refractivity contribution is 5.92. The molecule has 0 spiro atoms. The molecule has 2 saturated heterocycles. The van der Waals surface area contributed by atoms with E-state index in [-0.39, 0.29) is 25.2 Å². The fourth-order valence-electron chi connectivity index (χ4n) is 4.58. The molecule has 2 aliphatic rings. The summed E-state index contributed by atoms with van der Waals surface area (Å²) in [7, 11) is 1.83. The van der Waals surface area contributed by atoms with Crippen LogP contribution < -0.4 is 20.9 Å². The van der Waals surface area contributed by atoms with E-state index in [1.165, 1.54) is 4.90 Å². The molecule has 0 bridgehead atoms. The Bertz CT molecular complexity index is 1250. The number of nitrogen functional groups attached to an aromatic ring is 1. The number of aryl methyl sites for hydroxylation is 2. The lowest BCUT2D eigenvalue weighted by Gasteiger charge is -2.41. The van der Waals surface area contributed by atoms with Gasteiger partial charge >= 0.3 is 6.03 Å². The van der Waals surface area contributed by atoms with Crippen molar-refractivity contribution in [2.75, 3.05) is 53.6 Å². The molecule has 12 heteroatoms. The molecule has 180 valence electrons. The topological polar surface area (TPSA) is 108 Å². The number of piperazine rings is 1. The average Bonchev–Trinajstić information content (AvgIpc) is 3.13. The summed E-state index contributed by atoms with van der Waals surface area (Å²) in [5.74, 6) is -1.75. The summed E-state index contributed by atoms with van der Waals surface area (Å²) in [6.07, 6.45) is 1.78. The molecule has 5 rings (SSSR count). The molecule has 10 nitrogen and oxygen atoms in total. The molecule has 1 atom stereocenters. The molecule has 3 N–H and O–H groups in total. The van der Waals surface area contributed by atoms with Gasteiger partial charge in [0.2, 0.25) is 0 Å². The summed E-state index contributed by atoms with van der Waals surface area (Å²) in [5, 5.41) is 8.13. The van der Waals surface area contributed by atoms with Gasteiger partial charge in [-0.25, -0.2) is 23.5 Å². The number of amides is 2. The van der Waals surface area contributed by atoms with Crippen LogP contribution in [0.2, 0.25) is 0 Å². The average molecular weight is 472 g/mol. The van der Waals surface area contributed by atoms with Gasteiger partial charge in [0.15, 0.2) is 5.65 Å². The maximum Gasteiger partial charge on any atom is 0.322 e. The minimum absolute atomic E-state index is 0.0411. The molecule has 34 heavy (non-hydrogen) atoms. The van der Waals surface area contributed by atoms with Gasteiger partial charge < -0.3 is 25.8 Å². The van der Waals surface area contributed by atoms with E-state index < -0.39 is 5.92 Å². The molecule has 3 aromatic rings. The normalized spacial score (nSPS) is 19.9. The van der Waals surface area contributed by atoms with Crippen molar-refractivity contribution < 1.29 is 13.6 Å². The largest absolute Gasteiger partial charge is 0.384 e. The van der Waals surface area contributed by atoms with E-state index in [2.05, 4.69) is 32.2 Å². The first-order valence-corrected chi connectivity index (χ1v) is 11.1. The van der Waals surface area contributed by atoms with E-state index in [9.17, 15) is 13.6 Å². The Balaban J connectivity index is 1.25. The molecule has 5 heterocycles. The Kier molecular flexibility index (Phi) is 5.18. The monoisotopic (exact) mass is 471 g/mol. The van der Waals surface area contributed by atoms with E-state index in [0.717, 1.165) is 16.7 Å². The van der Waals surface area contributed by atoms with Crippen molar-refractivity contribution >= 4 is 40.1 Å². The minimum atomic E-state index is -2.66. The number of urea groups is 1. The van der Waals surface area contributed by atoms with Gasteiger partial charge in [-0.3, -0.25) is 4.68 Å². The third-order valence-electron chi connectivity index (χ3n) is 6.41. The van der Waals surface area contributed by atoms with Crippen molar-refractivity contribution in [1.82, 2.24) is 24.6 Å². The highest BCUT2D eigenvalue weighted by Crippen LogP contribution is 2.32. The second-order valence-electron chi connectivity index (χ2n) is 9.00. The van der Waals surface area contributed by atoms with E-state index in [0.29, 0.717) is 42.7 Å². The van der Waals surface area contributed by atoms with E-state index >= 15 is 0 Å². The van der Waals surface area contributed by atoms with Crippen LogP contribution in [0.4, 0.5) is 36.6 Å². The number of carbonyl (C=O) groups is 1. The number of alkyl halides is 2. The summed E-state index contributed by atoms with van der Waals surface area (Å²) in [6.45, 7) is 4.81. The summed E-state index contributed by atoms with van der Waals surface area (Å²) in [6, 6.07) is 5.04. The number of carbonyl (C=O) groups excluding carboxylic acids is 1. The molecule has 3 aromatic heterocycles. The number of halogens is 2. The number of pyridine rings is 2. The van der Waals surface area contributed by atoms with E-state index in [4.69, 9.17) is 5.73 Å². The number of nitrogens with two attached hydrogens (primary N) is 1. The van der Waals surface area contributed by atoms with Gasteiger partial charge in [0.1, 0.15) is 11.6 Å². The van der Waals surface area contributed by atoms with Crippen molar-refractivity contribution in [3.63, 3.8) is 0 Å². The van der Waals surface area contributed by atoms with Gasteiger partial charge in [0.05, 0.1) is 41.7 Å². The summed E-state index contributed by atoms with van der Waals surface area (Å²) in [4.78, 5) is 27.2. The predicted molar refractivity (Wildman–Crippen MR) is 126 cm³/mol. The van der Waals surface area contributed by atoms with Crippen LogP contribution in [0.1, 0.15) is 12.6 Å². The van der Waals surface area contributed by atoms with Crippen LogP contribution in [0.3, 0.4) is 0 Å². The second kappa shape index (κ2) is 7.96. The Morgan fingerprint density at radius 1 is 1.24 bits per heavy atom. The first kappa shape index (κ1) is 22.1. The zero-order chi connectivity index (χ0) is 24.2. The molecule has 2 amide bonds. The maximum atomic E-state index is 13.1. The second-order valence-corrected chi connectivity index (χ2v) is 9.00. The third kappa shape index (κ3) is 3.93. The molecule has 0 aromatic carbocycles. The highest BCUT2D eigenvalue weighted by Gasteiger charge is 2.44. The molecular formula is C22H27F2N9O. The van der Waals surface area contributed by atoms with Crippen LogP contribution in [0, 0.1) is 6.92 Å². The van der Waals surface area contributed by atoms with Gasteiger partial charge in [0, 0.05) is 38.8 Å². The maximum absolute atomic E-state index is 13.1. The van der Waals surface area contributed by atoms with E-state index in [1.807, 2.05) is 13.1 Å². The van der Waals surface area contributed by atoms with Crippen molar-refractivity contribution in [1.29, 1.82) is 0 Å². The number of hydrogen-bond donors (Lipinski definition) is 2. The highest BCUT2D eigenvalue weighted by atomic mass is 19.3. The number of anilines is 4. The first-order valence-electron chi connectivity index (χ1n) is 11.1. The first-order chi connectivity index (χ1) is 16.1. The number of fused-ring (bicyclic) bond motifs is 1. The van der Waals surface area contributed by atoms with Crippen LogP contribution in [0.5, 0.6) is 0 Å². The fourth-order valence-corrected chi connectivity index (χ4v) is 4.58. The lowest BCUT2D eigenvalue weighted by atomic mass is 10.1. The molecule has 0 saturated carbocycles. The molecular weight excluding hydrogens is 444 g/mol. The van der Waals surface area contributed by atoms with Gasteiger partial charge in [-0.05, 0) is 26.0 Å². The lowest BCUT2D eigenvalue weighted by molar-refractivity contribution is -0.0267. The lowest BCUT2D eigenvalue weighted by Crippen LogP contribution is -2.56. The summed E-state index contributed by atoms with van der Waals surface area (Å²) < 4.78 is 28.0. The van der Waals surface area contributed by atoms with Gasteiger partial charge in [-0.15, -0.1) is 0 Å². The zero-order valence-electron chi connectivity index (χ0n) is 19.3. The Labute approximate surface area is 195 Å². The Hall–Kier alpha value is -3.70. The SMILES string of the molecule is Cc1nc(N2CC(F)(F)C2)ccc1NC(=O)N1CCN(c2cc(N)nc3c2cnn3C)[C@@H](C)C1. The van der Waals surface area contributed by atoms with Crippen LogP contribution in [0.15, 0.2) is 24.4 Å². The molecule has 0 unspecified atom stereocenters. The quantitative estimate of drug-likeness (QED) is 0.604. The number of nitrogens with one attached hydrogen (secondary N) is 1. The van der Waals surface area contributed by atoms with Gasteiger partial charge in [-0.2, -0.15) is 5.10 Å².